The molecule has 0 fully saturated rings. The largest absolute Gasteiger partial charge is 0.511 e. The summed E-state index contributed by atoms with van der Waals surface area (Å²) in [6.07, 6.45) is 1.04. The van der Waals surface area contributed by atoms with Crippen molar-refractivity contribution in [2.24, 2.45) is 10.9 Å². The maximum atomic E-state index is 12.2. The van der Waals surface area contributed by atoms with Gasteiger partial charge in [-0.05, 0) is 42.4 Å². The van der Waals surface area contributed by atoms with Crippen LogP contribution in [0.2, 0.25) is 0 Å². The maximum absolute atomic E-state index is 12.2. The molecule has 192 valence electrons. The lowest BCUT2D eigenvalue weighted by molar-refractivity contribution is -0.0694. The number of carbonyl (C=O) groups is 1. The van der Waals surface area contributed by atoms with E-state index in [2.05, 4.69) is 55.1 Å². The summed E-state index contributed by atoms with van der Waals surface area (Å²) in [5, 5.41) is 4.58. The van der Waals surface area contributed by atoms with Crippen molar-refractivity contribution in [3.05, 3.63) is 52.8 Å². The Morgan fingerprint density at radius 3 is 2.34 bits per heavy atom. The Bertz CT molecular complexity index is 1030. The lowest BCUT2D eigenvalue weighted by atomic mass is 9.86. The van der Waals surface area contributed by atoms with Gasteiger partial charge in [-0.3, -0.25) is 9.67 Å². The van der Waals surface area contributed by atoms with Gasteiger partial charge in [0.1, 0.15) is 5.69 Å². The van der Waals surface area contributed by atoms with Crippen molar-refractivity contribution < 1.29 is 19.0 Å². The van der Waals surface area contributed by atoms with Gasteiger partial charge in [-0.2, -0.15) is 5.10 Å². The van der Waals surface area contributed by atoms with Gasteiger partial charge in [0.15, 0.2) is 5.76 Å². The molecule has 0 amide bonds. The highest BCUT2D eigenvalue weighted by Gasteiger charge is 2.22. The molecule has 1 aromatic carbocycles. The van der Waals surface area contributed by atoms with Crippen LogP contribution in [0.25, 0.3) is 11.3 Å². The van der Waals surface area contributed by atoms with Crippen molar-refractivity contribution in [2.45, 2.75) is 80.1 Å². The van der Waals surface area contributed by atoms with Gasteiger partial charge < -0.3 is 14.2 Å². The summed E-state index contributed by atoms with van der Waals surface area (Å²) in [4.78, 5) is 16.5. The highest BCUT2D eigenvalue weighted by Crippen LogP contribution is 2.31. The fraction of sp³-hybridized carbons (Fsp3) is 0.536. The molecule has 1 heterocycles. The van der Waals surface area contributed by atoms with E-state index in [1.165, 1.54) is 5.56 Å². The van der Waals surface area contributed by atoms with E-state index in [1.807, 2.05) is 38.4 Å². The molecule has 2 aromatic rings. The molecule has 0 spiro atoms. The first-order chi connectivity index (χ1) is 16.5. The average molecular weight is 484 g/mol. The van der Waals surface area contributed by atoms with Gasteiger partial charge in [-0.25, -0.2) is 4.79 Å². The quantitative estimate of drug-likeness (QED) is 0.164. The minimum Gasteiger partial charge on any atom is -0.452 e. The van der Waals surface area contributed by atoms with Gasteiger partial charge in [0.2, 0.25) is 6.29 Å². The molecule has 0 saturated heterocycles. The number of ether oxygens (including phenoxy) is 3. The first kappa shape index (κ1) is 28.1. The molecule has 2 rings (SSSR count). The van der Waals surface area contributed by atoms with E-state index in [9.17, 15) is 4.79 Å². The highest BCUT2D eigenvalue weighted by molar-refractivity contribution is 6.18. The van der Waals surface area contributed by atoms with Crippen LogP contribution in [-0.4, -0.2) is 42.1 Å². The van der Waals surface area contributed by atoms with Crippen LogP contribution < -0.4 is 0 Å². The zero-order valence-corrected chi connectivity index (χ0v) is 22.7. The molecule has 2 unspecified atom stereocenters. The third kappa shape index (κ3) is 7.98. The number of hydrogen-bond acceptors (Lipinski definition) is 6. The molecule has 0 aliphatic carbocycles. The molecule has 0 bridgehead atoms. The number of hydrogen-bond donors (Lipinski definition) is 0. The van der Waals surface area contributed by atoms with E-state index in [0.29, 0.717) is 18.9 Å². The minimum absolute atomic E-state index is 0.0382. The number of aryl methyl sites for hydroxylation is 2. The first-order valence-corrected chi connectivity index (χ1v) is 12.3. The molecule has 2 atom stereocenters. The molecular formula is C28H41N3O4. The monoisotopic (exact) mass is 483 g/mol. The van der Waals surface area contributed by atoms with Gasteiger partial charge >= 0.3 is 6.16 Å². The third-order valence-corrected chi connectivity index (χ3v) is 5.73. The van der Waals surface area contributed by atoms with Crippen molar-refractivity contribution in [3.63, 3.8) is 0 Å². The second kappa shape index (κ2) is 12.6. The van der Waals surface area contributed by atoms with Crippen molar-refractivity contribution in [3.8, 4) is 0 Å². The van der Waals surface area contributed by atoms with Gasteiger partial charge in [0, 0.05) is 32.3 Å². The average Bonchev–Trinajstić information content (AvgIpc) is 3.19. The maximum Gasteiger partial charge on any atom is 0.511 e. The summed E-state index contributed by atoms with van der Waals surface area (Å²) >= 11 is 0. The Labute approximate surface area is 210 Å². The third-order valence-electron chi connectivity index (χ3n) is 5.73. The Kier molecular flexibility index (Phi) is 10.1. The summed E-state index contributed by atoms with van der Waals surface area (Å²) in [6, 6.07) is 10.3. The lowest BCUT2D eigenvalue weighted by Crippen LogP contribution is -2.21. The number of carbonyl (C=O) groups excluding carboxylic acids is 1. The number of rotatable bonds is 10. The van der Waals surface area contributed by atoms with Crippen molar-refractivity contribution >= 4 is 23.7 Å². The smallest absolute Gasteiger partial charge is 0.452 e. The van der Waals surface area contributed by atoms with E-state index in [1.54, 1.807) is 20.2 Å². The van der Waals surface area contributed by atoms with Gasteiger partial charge in [-0.15, -0.1) is 0 Å². The number of aromatic nitrogens is 2. The van der Waals surface area contributed by atoms with E-state index in [-0.39, 0.29) is 11.3 Å². The lowest BCUT2D eigenvalue weighted by Gasteiger charge is -2.22. The summed E-state index contributed by atoms with van der Waals surface area (Å²) in [5.74, 6) is 0.795. The fourth-order valence-corrected chi connectivity index (χ4v) is 3.46. The van der Waals surface area contributed by atoms with Gasteiger partial charge in [0.25, 0.3) is 0 Å². The second-order valence-electron chi connectivity index (χ2n) is 9.82. The molecule has 0 N–H and O–H groups in total. The predicted octanol–water partition coefficient (Wildman–Crippen LogP) is 6.64. The number of allylic oxidation sites excluding steroid dienone is 1. The van der Waals surface area contributed by atoms with Crippen LogP contribution in [0, 0.1) is 12.8 Å². The second-order valence-corrected chi connectivity index (χ2v) is 9.82. The van der Waals surface area contributed by atoms with Crippen molar-refractivity contribution in [1.29, 1.82) is 0 Å². The van der Waals surface area contributed by atoms with Crippen LogP contribution in [0.3, 0.4) is 0 Å². The molecule has 0 aliphatic heterocycles. The number of benzene rings is 1. The number of aliphatic imine (C=N–C) groups is 1. The minimum atomic E-state index is -0.885. The first-order valence-electron chi connectivity index (χ1n) is 12.3. The van der Waals surface area contributed by atoms with E-state index < -0.39 is 12.4 Å². The number of nitrogens with zero attached hydrogens (tertiary/aromatic N) is 3. The van der Waals surface area contributed by atoms with Gasteiger partial charge in [-0.1, -0.05) is 65.3 Å². The summed E-state index contributed by atoms with van der Waals surface area (Å²) < 4.78 is 18.8. The highest BCUT2D eigenvalue weighted by atomic mass is 16.8. The predicted molar refractivity (Wildman–Crippen MR) is 141 cm³/mol. The van der Waals surface area contributed by atoms with Crippen LogP contribution >= 0.6 is 0 Å². The van der Waals surface area contributed by atoms with Crippen LogP contribution in [0.15, 0.2) is 35.3 Å². The Morgan fingerprint density at radius 1 is 1.14 bits per heavy atom. The van der Waals surface area contributed by atoms with Crippen molar-refractivity contribution in [2.75, 3.05) is 13.7 Å². The SMILES string of the molecule is CCC(C)COC(=O)OC(C)O/C(=C(/C=NC)c1ccc(C(C)(C)C)cc1)c1cc(C)nn1CC. The summed E-state index contributed by atoms with van der Waals surface area (Å²) in [6.45, 7) is 17.2. The fourth-order valence-electron chi connectivity index (χ4n) is 3.46. The Morgan fingerprint density at radius 2 is 1.80 bits per heavy atom. The molecule has 7 heteroatoms. The zero-order chi connectivity index (χ0) is 26.2. The van der Waals surface area contributed by atoms with E-state index in [0.717, 1.165) is 28.9 Å². The summed E-state index contributed by atoms with van der Waals surface area (Å²) in [7, 11) is 1.72. The molecule has 7 nitrogen and oxygen atoms in total. The van der Waals surface area contributed by atoms with Gasteiger partial charge in [0.05, 0.1) is 12.3 Å². The topological polar surface area (TPSA) is 74.9 Å². The molecule has 1 aromatic heterocycles. The van der Waals surface area contributed by atoms with Crippen LogP contribution in [0.1, 0.15) is 77.4 Å². The standard InChI is InChI=1S/C28H41N3O4/c1-10-19(3)18-33-27(32)35-21(5)34-26(25-16-20(4)30-31(25)11-2)24(17-29-9)22-12-14-23(15-13-22)28(6,7)8/h12-17,19,21H,10-11,18H2,1-9H3/b26-24-,29-17?. The molecule has 35 heavy (non-hydrogen) atoms. The van der Waals surface area contributed by atoms with Crippen LogP contribution in [0.5, 0.6) is 0 Å². The Balaban J connectivity index is 2.49. The normalized spacial score (nSPS) is 14.4. The molecule has 0 saturated carbocycles. The molecule has 0 aliphatic rings. The zero-order valence-electron chi connectivity index (χ0n) is 22.7. The van der Waals surface area contributed by atoms with Crippen LogP contribution in [0.4, 0.5) is 4.79 Å². The van der Waals surface area contributed by atoms with Crippen LogP contribution in [-0.2, 0) is 26.2 Å². The van der Waals surface area contributed by atoms with E-state index >= 15 is 0 Å². The van der Waals surface area contributed by atoms with Crippen molar-refractivity contribution in [1.82, 2.24) is 9.78 Å². The van der Waals surface area contributed by atoms with E-state index in [4.69, 9.17) is 14.2 Å². The molecule has 0 radical (unpaired) electrons. The summed E-state index contributed by atoms with van der Waals surface area (Å²) in [5.41, 5.74) is 4.61. The molecular weight excluding hydrogens is 442 g/mol. The Hall–Kier alpha value is -3.09.